The molecular formula is C16H18N2O4S. The van der Waals surface area contributed by atoms with Gasteiger partial charge in [0.1, 0.15) is 6.61 Å². The van der Waals surface area contributed by atoms with E-state index in [0.717, 1.165) is 16.7 Å². The van der Waals surface area contributed by atoms with Crippen molar-refractivity contribution in [2.24, 2.45) is 5.14 Å². The fourth-order valence-corrected chi connectivity index (χ4v) is 2.58. The summed E-state index contributed by atoms with van der Waals surface area (Å²) in [6.45, 7) is 2.18. The molecule has 0 bridgehead atoms. The van der Waals surface area contributed by atoms with Crippen molar-refractivity contribution in [2.45, 2.75) is 25.0 Å². The summed E-state index contributed by atoms with van der Waals surface area (Å²) in [4.78, 5) is 11.7. The second-order valence-corrected chi connectivity index (χ2v) is 6.61. The molecule has 0 aromatic heterocycles. The molecule has 0 spiro atoms. The monoisotopic (exact) mass is 334 g/mol. The highest BCUT2D eigenvalue weighted by molar-refractivity contribution is 7.89. The Morgan fingerprint density at radius 1 is 1.17 bits per heavy atom. The Hall–Kier alpha value is -2.38. The van der Waals surface area contributed by atoms with E-state index in [9.17, 15) is 13.2 Å². The molecule has 1 amide bonds. The van der Waals surface area contributed by atoms with E-state index < -0.39 is 16.1 Å². The molecule has 2 aromatic rings. The predicted octanol–water partition coefficient (Wildman–Crippen LogP) is 2.07. The molecule has 2 rings (SSSR count). The lowest BCUT2D eigenvalue weighted by atomic mass is 10.1. The first kappa shape index (κ1) is 17.0. The first-order chi connectivity index (χ1) is 10.9. The van der Waals surface area contributed by atoms with Crippen molar-refractivity contribution >= 4 is 16.1 Å². The number of amides is 1. The van der Waals surface area contributed by atoms with Crippen LogP contribution in [0.5, 0.6) is 0 Å². The molecule has 7 heteroatoms. The number of hydrogen-bond acceptors (Lipinski definition) is 4. The van der Waals surface area contributed by atoms with Crippen molar-refractivity contribution in [1.82, 2.24) is 5.32 Å². The SMILES string of the molecule is Cc1cc(S(N)(=O)=O)ccc1CNC(=O)OCc1ccccc1. The van der Waals surface area contributed by atoms with E-state index in [0.29, 0.717) is 0 Å². The topological polar surface area (TPSA) is 98.5 Å². The van der Waals surface area contributed by atoms with Gasteiger partial charge in [-0.3, -0.25) is 0 Å². The zero-order valence-electron chi connectivity index (χ0n) is 12.7. The molecule has 6 nitrogen and oxygen atoms in total. The molecule has 0 saturated heterocycles. The Morgan fingerprint density at radius 3 is 2.48 bits per heavy atom. The van der Waals surface area contributed by atoms with Gasteiger partial charge in [-0.1, -0.05) is 36.4 Å². The van der Waals surface area contributed by atoms with Crippen molar-refractivity contribution in [3.63, 3.8) is 0 Å². The molecule has 3 N–H and O–H groups in total. The number of carbonyl (C=O) groups excluding carboxylic acids is 1. The third-order valence-corrected chi connectivity index (χ3v) is 4.19. The van der Waals surface area contributed by atoms with E-state index in [-0.39, 0.29) is 18.0 Å². The lowest BCUT2D eigenvalue weighted by Gasteiger charge is -2.10. The highest BCUT2D eigenvalue weighted by Gasteiger charge is 2.10. The van der Waals surface area contributed by atoms with Crippen LogP contribution in [0.1, 0.15) is 16.7 Å². The van der Waals surface area contributed by atoms with Crippen LogP contribution in [0, 0.1) is 6.92 Å². The van der Waals surface area contributed by atoms with E-state index in [1.54, 1.807) is 13.0 Å². The summed E-state index contributed by atoms with van der Waals surface area (Å²) in [6, 6.07) is 13.9. The second kappa shape index (κ2) is 7.26. The van der Waals surface area contributed by atoms with Gasteiger partial charge >= 0.3 is 6.09 Å². The number of aryl methyl sites for hydroxylation is 1. The molecule has 0 radical (unpaired) electrons. The van der Waals surface area contributed by atoms with Crippen LogP contribution >= 0.6 is 0 Å². The molecule has 122 valence electrons. The van der Waals surface area contributed by atoms with Gasteiger partial charge in [-0.15, -0.1) is 0 Å². The highest BCUT2D eigenvalue weighted by Crippen LogP contribution is 2.14. The zero-order valence-corrected chi connectivity index (χ0v) is 13.5. The molecule has 0 unspecified atom stereocenters. The van der Waals surface area contributed by atoms with Crippen molar-refractivity contribution in [1.29, 1.82) is 0 Å². The summed E-state index contributed by atoms with van der Waals surface area (Å²) in [6.07, 6.45) is -0.538. The van der Waals surface area contributed by atoms with Gasteiger partial charge in [0.05, 0.1) is 4.90 Å². The lowest BCUT2D eigenvalue weighted by molar-refractivity contribution is 0.139. The quantitative estimate of drug-likeness (QED) is 0.874. The van der Waals surface area contributed by atoms with Gasteiger partial charge < -0.3 is 10.1 Å². The lowest BCUT2D eigenvalue weighted by Crippen LogP contribution is -2.24. The largest absolute Gasteiger partial charge is 0.445 e. The third kappa shape index (κ3) is 5.08. The number of primary sulfonamides is 1. The first-order valence-electron chi connectivity index (χ1n) is 6.93. The molecule has 0 atom stereocenters. The molecule has 0 saturated carbocycles. The molecule has 0 heterocycles. The Morgan fingerprint density at radius 2 is 1.87 bits per heavy atom. The smallest absolute Gasteiger partial charge is 0.407 e. The highest BCUT2D eigenvalue weighted by atomic mass is 32.2. The number of benzene rings is 2. The molecule has 23 heavy (non-hydrogen) atoms. The normalized spacial score (nSPS) is 11.0. The van der Waals surface area contributed by atoms with Crippen LogP contribution in [-0.2, 0) is 27.9 Å². The maximum Gasteiger partial charge on any atom is 0.407 e. The Kier molecular flexibility index (Phi) is 5.36. The molecule has 0 aliphatic carbocycles. The molecule has 0 aliphatic rings. The number of ether oxygens (including phenoxy) is 1. The van der Waals surface area contributed by atoms with Gasteiger partial charge in [0.15, 0.2) is 0 Å². The van der Waals surface area contributed by atoms with E-state index in [1.807, 2.05) is 30.3 Å². The van der Waals surface area contributed by atoms with Gasteiger partial charge in [0.25, 0.3) is 0 Å². The summed E-state index contributed by atoms with van der Waals surface area (Å²) < 4.78 is 27.6. The average Bonchev–Trinajstić information content (AvgIpc) is 2.51. The van der Waals surface area contributed by atoms with Gasteiger partial charge in [0.2, 0.25) is 10.0 Å². The number of nitrogens with two attached hydrogens (primary N) is 1. The van der Waals surface area contributed by atoms with Crippen LogP contribution in [0.15, 0.2) is 53.4 Å². The standard InChI is InChI=1S/C16H18N2O4S/c1-12-9-15(23(17,20)21)8-7-14(12)10-18-16(19)22-11-13-5-3-2-4-6-13/h2-9H,10-11H2,1H3,(H,18,19)(H2,17,20,21). The Balaban J connectivity index is 1.89. The van der Waals surface area contributed by atoms with Gasteiger partial charge in [-0.25, -0.2) is 18.4 Å². The third-order valence-electron chi connectivity index (χ3n) is 3.28. The van der Waals surface area contributed by atoms with Crippen LogP contribution < -0.4 is 10.5 Å². The molecular weight excluding hydrogens is 316 g/mol. The van der Waals surface area contributed by atoms with Crippen LogP contribution in [0.4, 0.5) is 4.79 Å². The number of sulfonamides is 1. The minimum absolute atomic E-state index is 0.0467. The van der Waals surface area contributed by atoms with E-state index in [1.165, 1.54) is 12.1 Å². The van der Waals surface area contributed by atoms with Crippen LogP contribution in [-0.4, -0.2) is 14.5 Å². The van der Waals surface area contributed by atoms with Crippen LogP contribution in [0.3, 0.4) is 0 Å². The summed E-state index contributed by atoms with van der Waals surface area (Å²) in [5.74, 6) is 0. The number of nitrogens with one attached hydrogen (secondary N) is 1. The van der Waals surface area contributed by atoms with E-state index >= 15 is 0 Å². The maximum absolute atomic E-state index is 11.7. The predicted molar refractivity (Wildman–Crippen MR) is 86.0 cm³/mol. The Bertz CT molecular complexity index is 789. The van der Waals surface area contributed by atoms with Gasteiger partial charge in [-0.05, 0) is 35.7 Å². The second-order valence-electron chi connectivity index (χ2n) is 5.05. The summed E-state index contributed by atoms with van der Waals surface area (Å²) in [5, 5.41) is 7.70. The zero-order chi connectivity index (χ0) is 16.9. The average molecular weight is 334 g/mol. The van der Waals surface area contributed by atoms with Crippen LogP contribution in [0.2, 0.25) is 0 Å². The summed E-state index contributed by atoms with van der Waals surface area (Å²) in [5.41, 5.74) is 2.41. The number of carbonyl (C=O) groups is 1. The maximum atomic E-state index is 11.7. The van der Waals surface area contributed by atoms with E-state index in [2.05, 4.69) is 5.32 Å². The minimum atomic E-state index is -3.72. The number of rotatable bonds is 5. The summed E-state index contributed by atoms with van der Waals surface area (Å²) in [7, 11) is -3.72. The minimum Gasteiger partial charge on any atom is -0.445 e. The van der Waals surface area contributed by atoms with Crippen molar-refractivity contribution in [2.75, 3.05) is 0 Å². The summed E-state index contributed by atoms with van der Waals surface area (Å²) >= 11 is 0. The molecule has 0 aliphatic heterocycles. The number of alkyl carbamates (subject to hydrolysis) is 1. The molecule has 2 aromatic carbocycles. The van der Waals surface area contributed by atoms with Gasteiger partial charge in [0, 0.05) is 6.54 Å². The van der Waals surface area contributed by atoms with Gasteiger partial charge in [-0.2, -0.15) is 0 Å². The van der Waals surface area contributed by atoms with E-state index in [4.69, 9.17) is 9.88 Å². The molecule has 0 fully saturated rings. The van der Waals surface area contributed by atoms with Crippen LogP contribution in [0.25, 0.3) is 0 Å². The fourth-order valence-electron chi connectivity index (χ4n) is 1.99. The van der Waals surface area contributed by atoms with Crippen molar-refractivity contribution in [3.05, 3.63) is 65.2 Å². The van der Waals surface area contributed by atoms with Crippen molar-refractivity contribution in [3.8, 4) is 0 Å². The Labute approximate surface area is 135 Å². The first-order valence-corrected chi connectivity index (χ1v) is 8.48. The van der Waals surface area contributed by atoms with Crippen molar-refractivity contribution < 1.29 is 17.9 Å². The number of hydrogen-bond donors (Lipinski definition) is 2. The fraction of sp³-hybridized carbons (Fsp3) is 0.188.